The minimum Gasteiger partial charge on any atom is -0.270 e. The van der Waals surface area contributed by atoms with Gasteiger partial charge in [-0.15, -0.1) is 10.2 Å². The van der Waals surface area contributed by atoms with Gasteiger partial charge in [-0.2, -0.15) is 0 Å². The lowest BCUT2D eigenvalue weighted by Gasteiger charge is -2.11. The third-order valence-corrected chi connectivity index (χ3v) is 6.09. The summed E-state index contributed by atoms with van der Waals surface area (Å²) in [5.41, 5.74) is 3.00. The maximum atomic E-state index is 6.13. The summed E-state index contributed by atoms with van der Waals surface area (Å²) in [5.74, 6) is 1.47. The lowest BCUT2D eigenvalue weighted by atomic mass is 10.2. The Morgan fingerprint density at radius 2 is 1.54 bits per heavy atom. The highest BCUT2D eigenvalue weighted by Crippen LogP contribution is 2.31. The fraction of sp³-hybridized carbons (Fsp3) is 0.0476. The molecular formula is C21H14Cl3N3S. The SMILES string of the molecule is Clc1ccc(-n2c(SCc3ccc(Cl)c(Cl)c3)nnc2-c2ccccc2)cc1. The molecule has 4 aromatic rings. The molecule has 0 saturated carbocycles. The summed E-state index contributed by atoms with van der Waals surface area (Å²) in [6, 6.07) is 23.3. The zero-order valence-corrected chi connectivity index (χ0v) is 17.6. The largest absolute Gasteiger partial charge is 0.270 e. The second-order valence-corrected chi connectivity index (χ2v) is 8.21. The van der Waals surface area contributed by atoms with Crippen molar-refractivity contribution in [3.8, 4) is 17.1 Å². The first kappa shape index (κ1) is 19.3. The number of halogens is 3. The van der Waals surface area contributed by atoms with Crippen molar-refractivity contribution >= 4 is 46.6 Å². The van der Waals surface area contributed by atoms with Crippen LogP contribution in [0.15, 0.2) is 78.0 Å². The maximum Gasteiger partial charge on any atom is 0.196 e. The molecule has 0 aliphatic carbocycles. The Morgan fingerprint density at radius 1 is 0.786 bits per heavy atom. The average molecular weight is 447 g/mol. The maximum absolute atomic E-state index is 6.13. The lowest BCUT2D eigenvalue weighted by Crippen LogP contribution is -1.99. The van der Waals surface area contributed by atoms with Crippen molar-refractivity contribution in [2.45, 2.75) is 10.9 Å². The van der Waals surface area contributed by atoms with E-state index in [9.17, 15) is 0 Å². The van der Waals surface area contributed by atoms with Crippen LogP contribution in [0.3, 0.4) is 0 Å². The highest BCUT2D eigenvalue weighted by atomic mass is 35.5. The second-order valence-electron chi connectivity index (χ2n) is 6.02. The second kappa shape index (κ2) is 8.58. The molecule has 0 N–H and O–H groups in total. The zero-order valence-electron chi connectivity index (χ0n) is 14.5. The predicted octanol–water partition coefficient (Wildman–Crippen LogP) is 7.19. The van der Waals surface area contributed by atoms with E-state index in [1.165, 1.54) is 0 Å². The van der Waals surface area contributed by atoms with Gasteiger partial charge < -0.3 is 0 Å². The first-order valence-corrected chi connectivity index (χ1v) is 10.6. The fourth-order valence-electron chi connectivity index (χ4n) is 2.74. The molecule has 0 bridgehead atoms. The van der Waals surface area contributed by atoms with Crippen LogP contribution in [0.1, 0.15) is 5.56 Å². The standard InChI is InChI=1S/C21H14Cl3N3S/c22-16-7-9-17(10-8-16)27-20(15-4-2-1-3-5-15)25-26-21(27)28-13-14-6-11-18(23)19(24)12-14/h1-12H,13H2. The smallest absolute Gasteiger partial charge is 0.196 e. The molecule has 140 valence electrons. The Balaban J connectivity index is 1.71. The molecule has 0 aliphatic rings. The van der Waals surface area contributed by atoms with E-state index < -0.39 is 0 Å². The zero-order chi connectivity index (χ0) is 19.5. The van der Waals surface area contributed by atoms with E-state index in [0.717, 1.165) is 27.8 Å². The molecule has 1 heterocycles. The quantitative estimate of drug-likeness (QED) is 0.304. The highest BCUT2D eigenvalue weighted by molar-refractivity contribution is 7.98. The number of thioether (sulfide) groups is 1. The molecule has 3 aromatic carbocycles. The van der Waals surface area contributed by atoms with Crippen molar-refractivity contribution in [3.05, 3.63) is 93.4 Å². The molecule has 3 nitrogen and oxygen atoms in total. The van der Waals surface area contributed by atoms with E-state index >= 15 is 0 Å². The normalized spacial score (nSPS) is 11.0. The van der Waals surface area contributed by atoms with Crippen molar-refractivity contribution in [3.63, 3.8) is 0 Å². The summed E-state index contributed by atoms with van der Waals surface area (Å²) < 4.78 is 2.04. The molecule has 28 heavy (non-hydrogen) atoms. The van der Waals surface area contributed by atoms with Crippen LogP contribution in [0.4, 0.5) is 0 Å². The first-order valence-electron chi connectivity index (χ1n) is 8.45. The lowest BCUT2D eigenvalue weighted by molar-refractivity contribution is 0.886. The molecule has 0 amide bonds. The molecule has 7 heteroatoms. The van der Waals surface area contributed by atoms with Gasteiger partial charge in [0.15, 0.2) is 11.0 Å². The van der Waals surface area contributed by atoms with Gasteiger partial charge in [-0.05, 0) is 42.0 Å². The number of benzene rings is 3. The van der Waals surface area contributed by atoms with Crippen LogP contribution in [0.25, 0.3) is 17.1 Å². The van der Waals surface area contributed by atoms with E-state index in [1.54, 1.807) is 17.8 Å². The van der Waals surface area contributed by atoms with Gasteiger partial charge in [-0.25, -0.2) is 0 Å². The summed E-state index contributed by atoms with van der Waals surface area (Å²) >= 11 is 19.8. The van der Waals surface area contributed by atoms with Crippen LogP contribution < -0.4 is 0 Å². The van der Waals surface area contributed by atoms with E-state index in [-0.39, 0.29) is 0 Å². The van der Waals surface area contributed by atoms with Crippen molar-refractivity contribution in [2.24, 2.45) is 0 Å². The third-order valence-electron chi connectivity index (χ3n) is 4.10. The van der Waals surface area contributed by atoms with Gasteiger partial charge in [0, 0.05) is 22.0 Å². The van der Waals surface area contributed by atoms with Gasteiger partial charge in [0.2, 0.25) is 0 Å². The van der Waals surface area contributed by atoms with Crippen LogP contribution >= 0.6 is 46.6 Å². The van der Waals surface area contributed by atoms with Gasteiger partial charge in [-0.1, -0.05) is 83.0 Å². The van der Waals surface area contributed by atoms with Crippen LogP contribution in [0.5, 0.6) is 0 Å². The Kier molecular flexibility index (Phi) is 5.93. The number of hydrogen-bond acceptors (Lipinski definition) is 3. The van der Waals surface area contributed by atoms with E-state index in [2.05, 4.69) is 10.2 Å². The van der Waals surface area contributed by atoms with E-state index in [0.29, 0.717) is 20.8 Å². The van der Waals surface area contributed by atoms with Gasteiger partial charge in [0.05, 0.1) is 10.0 Å². The fourth-order valence-corrected chi connectivity index (χ4v) is 4.08. The van der Waals surface area contributed by atoms with Gasteiger partial charge in [0.1, 0.15) is 0 Å². The third kappa shape index (κ3) is 4.20. The molecule has 0 saturated heterocycles. The molecule has 0 aliphatic heterocycles. The molecule has 0 spiro atoms. The summed E-state index contributed by atoms with van der Waals surface area (Å²) in [6.07, 6.45) is 0. The minimum absolute atomic E-state index is 0.545. The van der Waals surface area contributed by atoms with E-state index in [1.807, 2.05) is 71.3 Å². The minimum atomic E-state index is 0.545. The molecule has 0 radical (unpaired) electrons. The number of hydrogen-bond donors (Lipinski definition) is 0. The Morgan fingerprint density at radius 3 is 2.25 bits per heavy atom. The Labute approximate surface area is 182 Å². The van der Waals surface area contributed by atoms with Gasteiger partial charge in [-0.3, -0.25) is 4.57 Å². The summed E-state index contributed by atoms with van der Waals surface area (Å²) in [5, 5.41) is 11.4. The Bertz CT molecular complexity index is 1100. The topological polar surface area (TPSA) is 30.7 Å². The summed E-state index contributed by atoms with van der Waals surface area (Å²) in [4.78, 5) is 0. The van der Waals surface area contributed by atoms with E-state index in [4.69, 9.17) is 34.8 Å². The number of nitrogens with zero attached hydrogens (tertiary/aromatic N) is 3. The molecule has 4 rings (SSSR count). The van der Waals surface area contributed by atoms with Crippen LogP contribution in [0.2, 0.25) is 15.1 Å². The molecule has 0 atom stereocenters. The molecule has 0 fully saturated rings. The highest BCUT2D eigenvalue weighted by Gasteiger charge is 2.16. The number of rotatable bonds is 5. The van der Waals surface area contributed by atoms with Crippen LogP contribution in [0, 0.1) is 0 Å². The van der Waals surface area contributed by atoms with Crippen molar-refractivity contribution in [1.29, 1.82) is 0 Å². The Hall–Kier alpha value is -1.98. The van der Waals surface area contributed by atoms with Gasteiger partial charge >= 0.3 is 0 Å². The van der Waals surface area contributed by atoms with Crippen molar-refractivity contribution in [2.75, 3.05) is 0 Å². The summed E-state index contributed by atoms with van der Waals surface area (Å²) in [7, 11) is 0. The monoisotopic (exact) mass is 445 g/mol. The van der Waals surface area contributed by atoms with Gasteiger partial charge in [0.25, 0.3) is 0 Å². The molecule has 1 aromatic heterocycles. The van der Waals surface area contributed by atoms with Crippen molar-refractivity contribution < 1.29 is 0 Å². The predicted molar refractivity (Wildman–Crippen MR) is 118 cm³/mol. The summed E-state index contributed by atoms with van der Waals surface area (Å²) in [6.45, 7) is 0. The van der Waals surface area contributed by atoms with Crippen LogP contribution in [-0.2, 0) is 5.75 Å². The first-order chi connectivity index (χ1) is 13.6. The molecular weight excluding hydrogens is 433 g/mol. The van der Waals surface area contributed by atoms with Crippen LogP contribution in [-0.4, -0.2) is 14.8 Å². The average Bonchev–Trinajstić information content (AvgIpc) is 3.14. The number of aromatic nitrogens is 3. The molecule has 0 unspecified atom stereocenters. The van der Waals surface area contributed by atoms with Crippen molar-refractivity contribution in [1.82, 2.24) is 14.8 Å².